The van der Waals surface area contributed by atoms with Crippen molar-refractivity contribution in [3.63, 3.8) is 0 Å². The number of unbranched alkanes of at least 4 members (excludes halogenated alkanes) is 1. The largest absolute Gasteiger partial charge is 0.508 e. The molecule has 2 rings (SSSR count). The molecule has 0 spiro atoms. The van der Waals surface area contributed by atoms with Crippen LogP contribution in [0.5, 0.6) is 5.75 Å². The zero-order valence-corrected chi connectivity index (χ0v) is 23.0. The van der Waals surface area contributed by atoms with Crippen molar-refractivity contribution >= 4 is 23.7 Å². The number of carboxylic acids is 1. The highest BCUT2D eigenvalue weighted by Gasteiger charge is 2.32. The molecule has 40 heavy (non-hydrogen) atoms. The number of aromatic hydroxyl groups is 1. The molecule has 4 atom stereocenters. The fraction of sp³-hybridized carbons (Fsp3) is 0.448. The molecule has 11 nitrogen and oxygen atoms in total. The zero-order chi connectivity index (χ0) is 29.7. The highest BCUT2D eigenvalue weighted by atomic mass is 16.4. The van der Waals surface area contributed by atoms with Crippen LogP contribution in [0.2, 0.25) is 0 Å². The number of phenolic OH excluding ortho intramolecular Hbond substituents is 1. The number of carboxylic acid groups (broad SMARTS) is 1. The summed E-state index contributed by atoms with van der Waals surface area (Å²) in [4.78, 5) is 51.2. The van der Waals surface area contributed by atoms with E-state index in [4.69, 9.17) is 11.5 Å². The highest BCUT2D eigenvalue weighted by molar-refractivity contribution is 5.94. The van der Waals surface area contributed by atoms with Crippen LogP contribution < -0.4 is 27.4 Å². The maximum Gasteiger partial charge on any atom is 0.326 e. The van der Waals surface area contributed by atoms with Gasteiger partial charge in [0.25, 0.3) is 0 Å². The second-order valence-corrected chi connectivity index (χ2v) is 10.1. The van der Waals surface area contributed by atoms with Crippen molar-refractivity contribution in [2.45, 2.75) is 70.1 Å². The van der Waals surface area contributed by atoms with E-state index in [1.807, 2.05) is 30.3 Å². The molecule has 3 amide bonds. The minimum Gasteiger partial charge on any atom is -0.508 e. The van der Waals surface area contributed by atoms with Gasteiger partial charge in [-0.1, -0.05) is 56.3 Å². The first kappa shape index (κ1) is 32.3. The van der Waals surface area contributed by atoms with Gasteiger partial charge < -0.3 is 37.6 Å². The Balaban J connectivity index is 2.18. The van der Waals surface area contributed by atoms with Crippen molar-refractivity contribution in [2.75, 3.05) is 6.54 Å². The van der Waals surface area contributed by atoms with E-state index in [0.717, 1.165) is 5.56 Å². The number of rotatable bonds is 16. The summed E-state index contributed by atoms with van der Waals surface area (Å²) in [5, 5.41) is 27.1. The number of nitrogens with two attached hydrogens (primary N) is 2. The number of aliphatic carboxylic acids is 1. The summed E-state index contributed by atoms with van der Waals surface area (Å²) < 4.78 is 0. The first-order chi connectivity index (χ1) is 19.0. The van der Waals surface area contributed by atoms with E-state index in [1.165, 1.54) is 12.1 Å². The Kier molecular flexibility index (Phi) is 13.1. The van der Waals surface area contributed by atoms with E-state index in [-0.39, 0.29) is 30.9 Å². The second-order valence-electron chi connectivity index (χ2n) is 10.1. The summed E-state index contributed by atoms with van der Waals surface area (Å²) in [5.74, 6) is -3.32. The average molecular weight is 556 g/mol. The van der Waals surface area contributed by atoms with Crippen molar-refractivity contribution in [3.8, 4) is 5.75 Å². The van der Waals surface area contributed by atoms with E-state index >= 15 is 0 Å². The monoisotopic (exact) mass is 555 g/mol. The van der Waals surface area contributed by atoms with E-state index < -0.39 is 47.9 Å². The Labute approximate surface area is 234 Å². The molecule has 2 aromatic carbocycles. The first-order valence-electron chi connectivity index (χ1n) is 13.4. The van der Waals surface area contributed by atoms with Crippen LogP contribution in [-0.2, 0) is 32.0 Å². The van der Waals surface area contributed by atoms with Gasteiger partial charge in [0, 0.05) is 6.42 Å². The Morgan fingerprint density at radius 3 is 1.95 bits per heavy atom. The standard InChI is InChI=1S/C29H41N5O6/c1-18(2)25(28(38)32-23(29(39)40)10-6-7-15-30)34-27(37)24(17-20-11-13-21(35)14-12-20)33-26(36)22(31)16-19-8-4-3-5-9-19/h3-5,8-9,11-14,18,22-25,35H,6-7,10,15-17,30-31H2,1-2H3,(H,32,38)(H,33,36)(H,34,37)(H,39,40). The third-order valence-electron chi connectivity index (χ3n) is 6.45. The van der Waals surface area contributed by atoms with Crippen molar-refractivity contribution in [1.29, 1.82) is 0 Å². The summed E-state index contributed by atoms with van der Waals surface area (Å²) >= 11 is 0. The summed E-state index contributed by atoms with van der Waals surface area (Å²) in [6, 6.07) is 11.2. The molecule has 218 valence electrons. The number of carbonyl (C=O) groups excluding carboxylic acids is 3. The molecule has 2 aromatic rings. The van der Waals surface area contributed by atoms with Crippen LogP contribution in [0, 0.1) is 5.92 Å². The molecule has 0 radical (unpaired) electrons. The molecule has 0 saturated carbocycles. The van der Waals surface area contributed by atoms with Crippen LogP contribution in [0.1, 0.15) is 44.2 Å². The Hall–Kier alpha value is -3.96. The van der Waals surface area contributed by atoms with Crippen molar-refractivity contribution in [2.24, 2.45) is 17.4 Å². The van der Waals surface area contributed by atoms with Gasteiger partial charge in [-0.25, -0.2) is 4.79 Å². The average Bonchev–Trinajstić information content (AvgIpc) is 2.92. The van der Waals surface area contributed by atoms with Crippen molar-refractivity contribution < 1.29 is 29.4 Å². The smallest absolute Gasteiger partial charge is 0.326 e. The third kappa shape index (κ3) is 10.7. The zero-order valence-electron chi connectivity index (χ0n) is 23.0. The van der Waals surface area contributed by atoms with Gasteiger partial charge in [0.15, 0.2) is 0 Å². The topological polar surface area (TPSA) is 197 Å². The lowest BCUT2D eigenvalue weighted by molar-refractivity contribution is -0.142. The molecule has 0 aromatic heterocycles. The number of hydrogen-bond donors (Lipinski definition) is 7. The molecule has 4 unspecified atom stereocenters. The van der Waals surface area contributed by atoms with Crippen LogP contribution in [0.15, 0.2) is 54.6 Å². The van der Waals surface area contributed by atoms with Gasteiger partial charge in [0.05, 0.1) is 6.04 Å². The van der Waals surface area contributed by atoms with E-state index in [0.29, 0.717) is 24.9 Å². The Morgan fingerprint density at radius 1 is 0.775 bits per heavy atom. The minimum absolute atomic E-state index is 0.0506. The normalized spacial score (nSPS) is 14.0. The summed E-state index contributed by atoms with van der Waals surface area (Å²) in [6.45, 7) is 3.85. The third-order valence-corrected chi connectivity index (χ3v) is 6.45. The maximum atomic E-state index is 13.5. The number of hydrogen-bond acceptors (Lipinski definition) is 7. The van der Waals surface area contributed by atoms with Gasteiger partial charge in [0.2, 0.25) is 17.7 Å². The number of carbonyl (C=O) groups is 4. The molecule has 0 fully saturated rings. The van der Waals surface area contributed by atoms with Gasteiger partial charge in [-0.15, -0.1) is 0 Å². The molecule has 0 aliphatic rings. The lowest BCUT2D eigenvalue weighted by Gasteiger charge is -2.27. The summed E-state index contributed by atoms with van der Waals surface area (Å²) in [6.07, 6.45) is 1.68. The molecule has 9 N–H and O–H groups in total. The van der Waals surface area contributed by atoms with Gasteiger partial charge >= 0.3 is 5.97 Å². The molecule has 0 heterocycles. The maximum absolute atomic E-state index is 13.5. The lowest BCUT2D eigenvalue weighted by Crippen LogP contribution is -2.59. The lowest BCUT2D eigenvalue weighted by atomic mass is 9.99. The minimum atomic E-state index is -1.18. The van der Waals surface area contributed by atoms with Gasteiger partial charge in [-0.05, 0) is 61.4 Å². The van der Waals surface area contributed by atoms with E-state index in [9.17, 15) is 29.4 Å². The quantitative estimate of drug-likeness (QED) is 0.148. The predicted octanol–water partition coefficient (Wildman–Crippen LogP) is 0.829. The molecule has 0 bridgehead atoms. The fourth-order valence-corrected chi connectivity index (χ4v) is 4.12. The number of amides is 3. The number of benzene rings is 2. The SMILES string of the molecule is CC(C)C(NC(=O)C(Cc1ccc(O)cc1)NC(=O)C(N)Cc1ccccc1)C(=O)NC(CCCCN)C(=O)O. The van der Waals surface area contributed by atoms with Gasteiger partial charge in [-0.3, -0.25) is 14.4 Å². The van der Waals surface area contributed by atoms with Crippen LogP contribution in [-0.4, -0.2) is 64.6 Å². The number of nitrogens with one attached hydrogen (secondary N) is 3. The van der Waals surface area contributed by atoms with Crippen molar-refractivity contribution in [3.05, 3.63) is 65.7 Å². The summed E-state index contributed by atoms with van der Waals surface area (Å²) in [7, 11) is 0. The molecule has 0 aliphatic heterocycles. The van der Waals surface area contributed by atoms with Gasteiger partial charge in [-0.2, -0.15) is 0 Å². The molecule has 0 saturated heterocycles. The second kappa shape index (κ2) is 16.2. The molecular formula is C29H41N5O6. The molecule has 0 aliphatic carbocycles. The predicted molar refractivity (Wildman–Crippen MR) is 151 cm³/mol. The van der Waals surface area contributed by atoms with E-state index in [2.05, 4.69) is 16.0 Å². The van der Waals surface area contributed by atoms with Crippen LogP contribution in [0.4, 0.5) is 0 Å². The van der Waals surface area contributed by atoms with Gasteiger partial charge in [0.1, 0.15) is 23.9 Å². The van der Waals surface area contributed by atoms with Crippen molar-refractivity contribution in [1.82, 2.24) is 16.0 Å². The molecular weight excluding hydrogens is 514 g/mol. The number of phenols is 1. The van der Waals surface area contributed by atoms with Crippen LogP contribution >= 0.6 is 0 Å². The Bertz CT molecular complexity index is 1110. The molecule has 11 heteroatoms. The van der Waals surface area contributed by atoms with Crippen LogP contribution in [0.3, 0.4) is 0 Å². The fourth-order valence-electron chi connectivity index (χ4n) is 4.12. The highest BCUT2D eigenvalue weighted by Crippen LogP contribution is 2.13. The van der Waals surface area contributed by atoms with Crippen LogP contribution in [0.25, 0.3) is 0 Å². The van der Waals surface area contributed by atoms with E-state index in [1.54, 1.807) is 26.0 Å². The Morgan fingerprint density at radius 2 is 1.38 bits per heavy atom. The summed E-state index contributed by atoms with van der Waals surface area (Å²) in [5.41, 5.74) is 13.1. The first-order valence-corrected chi connectivity index (χ1v) is 13.4.